The second-order valence-electron chi connectivity index (χ2n) is 5.25. The number of rotatable bonds is 2. The number of hydrogen-bond acceptors (Lipinski definition) is 4. The number of ether oxygens (including phenoxy) is 2. The van der Waals surface area contributed by atoms with Crippen LogP contribution < -0.4 is 14.8 Å². The van der Waals surface area contributed by atoms with E-state index in [0.29, 0.717) is 29.4 Å². The fourth-order valence-corrected chi connectivity index (χ4v) is 2.91. The van der Waals surface area contributed by atoms with Gasteiger partial charge >= 0.3 is 0 Å². The molecule has 19 heavy (non-hydrogen) atoms. The second-order valence-corrected chi connectivity index (χ2v) is 5.25. The first kappa shape index (κ1) is 12.5. The smallest absolute Gasteiger partial charge is 0.170 e. The highest BCUT2D eigenvalue weighted by Crippen LogP contribution is 2.34. The van der Waals surface area contributed by atoms with Crippen LogP contribution in [0.25, 0.3) is 0 Å². The zero-order valence-electron chi connectivity index (χ0n) is 11.1. The van der Waals surface area contributed by atoms with Gasteiger partial charge in [-0.15, -0.1) is 0 Å². The third-order valence-corrected chi connectivity index (χ3v) is 4.01. The molecule has 4 nitrogen and oxygen atoms in total. The molecule has 0 saturated carbocycles. The number of benzene rings is 1. The van der Waals surface area contributed by atoms with E-state index in [1.807, 2.05) is 12.1 Å². The maximum absolute atomic E-state index is 12.3. The topological polar surface area (TPSA) is 47.6 Å². The van der Waals surface area contributed by atoms with Crippen molar-refractivity contribution < 1.29 is 14.3 Å². The number of methoxy groups -OCH3 is 1. The van der Waals surface area contributed by atoms with Crippen LogP contribution >= 0.6 is 0 Å². The lowest BCUT2D eigenvalue weighted by Gasteiger charge is -2.34. The molecule has 1 aromatic carbocycles. The van der Waals surface area contributed by atoms with E-state index in [1.165, 1.54) is 0 Å². The van der Waals surface area contributed by atoms with Crippen molar-refractivity contribution in [3.8, 4) is 11.5 Å². The Morgan fingerprint density at radius 3 is 3.05 bits per heavy atom. The molecule has 102 valence electrons. The monoisotopic (exact) mass is 261 g/mol. The molecule has 2 heterocycles. The molecule has 3 rings (SSSR count). The predicted molar refractivity (Wildman–Crippen MR) is 72.0 cm³/mol. The predicted octanol–water partition coefficient (Wildman–Crippen LogP) is 2.03. The quantitative estimate of drug-likeness (QED) is 0.885. The molecule has 0 spiro atoms. The first-order valence-electron chi connectivity index (χ1n) is 6.86. The summed E-state index contributed by atoms with van der Waals surface area (Å²) in [6, 6.07) is 5.45. The number of Topliss-reactive ketones (excluding diaryl/α,β-unsaturated/α-hetero) is 1. The molecule has 4 heteroatoms. The molecule has 1 aromatic rings. The van der Waals surface area contributed by atoms with Crippen molar-refractivity contribution >= 4 is 5.78 Å². The Morgan fingerprint density at radius 1 is 1.42 bits per heavy atom. The normalized spacial score (nSPS) is 26.5. The molecule has 0 unspecified atom stereocenters. The van der Waals surface area contributed by atoms with Crippen molar-refractivity contribution in [3.05, 3.63) is 23.8 Å². The lowest BCUT2D eigenvalue weighted by molar-refractivity contribution is 0.0682. The first-order chi connectivity index (χ1) is 9.28. The molecule has 1 saturated heterocycles. The Hall–Kier alpha value is -1.55. The minimum Gasteiger partial charge on any atom is -0.497 e. The van der Waals surface area contributed by atoms with Gasteiger partial charge in [-0.3, -0.25) is 4.79 Å². The average Bonchev–Trinajstić information content (AvgIpc) is 2.48. The van der Waals surface area contributed by atoms with E-state index in [4.69, 9.17) is 9.47 Å². The molecule has 1 fully saturated rings. The standard InChI is InChI=1S/C15H19NO3/c1-18-11-4-5-14-12(7-11)13(17)8-15(19-14)10-3-2-6-16-9-10/h4-5,7,10,15-16H,2-3,6,8-9H2,1H3/t10-,15+/m0/s1. The van der Waals surface area contributed by atoms with Gasteiger partial charge in [-0.05, 0) is 37.6 Å². The Balaban J connectivity index is 1.81. The fourth-order valence-electron chi connectivity index (χ4n) is 2.91. The van der Waals surface area contributed by atoms with Gasteiger partial charge in [0.25, 0.3) is 0 Å². The zero-order chi connectivity index (χ0) is 13.2. The van der Waals surface area contributed by atoms with E-state index >= 15 is 0 Å². The highest BCUT2D eigenvalue weighted by atomic mass is 16.5. The number of nitrogens with one attached hydrogen (secondary N) is 1. The van der Waals surface area contributed by atoms with Crippen LogP contribution in [0.5, 0.6) is 11.5 Å². The summed E-state index contributed by atoms with van der Waals surface area (Å²) in [6.45, 7) is 2.02. The Bertz CT molecular complexity index is 480. The van der Waals surface area contributed by atoms with Gasteiger partial charge in [0.2, 0.25) is 0 Å². The van der Waals surface area contributed by atoms with Crippen LogP contribution in [0.15, 0.2) is 18.2 Å². The minimum atomic E-state index is 0.0150. The van der Waals surface area contributed by atoms with E-state index < -0.39 is 0 Å². The van der Waals surface area contributed by atoms with Crippen molar-refractivity contribution in [2.75, 3.05) is 20.2 Å². The van der Waals surface area contributed by atoms with Gasteiger partial charge in [0.05, 0.1) is 12.7 Å². The number of hydrogen-bond donors (Lipinski definition) is 1. The van der Waals surface area contributed by atoms with E-state index in [9.17, 15) is 4.79 Å². The van der Waals surface area contributed by atoms with E-state index in [-0.39, 0.29) is 11.9 Å². The molecule has 0 radical (unpaired) electrons. The summed E-state index contributed by atoms with van der Waals surface area (Å²) in [5.41, 5.74) is 0.652. The maximum atomic E-state index is 12.3. The first-order valence-corrected chi connectivity index (χ1v) is 6.86. The Morgan fingerprint density at radius 2 is 2.32 bits per heavy atom. The number of piperidine rings is 1. The van der Waals surface area contributed by atoms with Crippen molar-refractivity contribution in [2.24, 2.45) is 5.92 Å². The third-order valence-electron chi connectivity index (χ3n) is 4.01. The Labute approximate surface area is 113 Å². The van der Waals surface area contributed by atoms with Gasteiger partial charge in [0.15, 0.2) is 5.78 Å². The van der Waals surface area contributed by atoms with Crippen molar-refractivity contribution in [2.45, 2.75) is 25.4 Å². The van der Waals surface area contributed by atoms with E-state index in [2.05, 4.69) is 5.32 Å². The minimum absolute atomic E-state index is 0.0150. The molecular formula is C15H19NO3. The number of fused-ring (bicyclic) bond motifs is 1. The van der Waals surface area contributed by atoms with Crippen LogP contribution in [-0.4, -0.2) is 32.1 Å². The summed E-state index contributed by atoms with van der Waals surface area (Å²) in [4.78, 5) is 12.3. The van der Waals surface area contributed by atoms with Crippen LogP contribution in [0.3, 0.4) is 0 Å². The Kier molecular flexibility index (Phi) is 3.42. The van der Waals surface area contributed by atoms with Gasteiger partial charge in [-0.1, -0.05) is 0 Å². The van der Waals surface area contributed by atoms with Crippen molar-refractivity contribution in [3.63, 3.8) is 0 Å². The fraction of sp³-hybridized carbons (Fsp3) is 0.533. The molecule has 0 aliphatic carbocycles. The van der Waals surface area contributed by atoms with Gasteiger partial charge in [-0.25, -0.2) is 0 Å². The molecule has 2 aliphatic heterocycles. The number of carbonyl (C=O) groups is 1. The van der Waals surface area contributed by atoms with Crippen molar-refractivity contribution in [1.29, 1.82) is 0 Å². The van der Waals surface area contributed by atoms with Gasteiger partial charge in [0.1, 0.15) is 17.6 Å². The van der Waals surface area contributed by atoms with E-state index in [0.717, 1.165) is 25.9 Å². The summed E-state index contributed by atoms with van der Waals surface area (Å²) in [6.07, 6.45) is 2.79. The lowest BCUT2D eigenvalue weighted by atomic mass is 9.87. The average molecular weight is 261 g/mol. The molecule has 2 aliphatic rings. The van der Waals surface area contributed by atoms with Gasteiger partial charge < -0.3 is 14.8 Å². The zero-order valence-corrected chi connectivity index (χ0v) is 11.1. The summed E-state index contributed by atoms with van der Waals surface area (Å²) in [5.74, 6) is 2.00. The molecule has 1 N–H and O–H groups in total. The summed E-state index contributed by atoms with van der Waals surface area (Å²) < 4.78 is 11.2. The van der Waals surface area contributed by atoms with Crippen LogP contribution in [0.2, 0.25) is 0 Å². The SMILES string of the molecule is COc1ccc2c(c1)C(=O)C[C@H]([C@H]1CCCNC1)O2. The summed E-state index contributed by atoms with van der Waals surface area (Å²) in [5, 5.41) is 3.38. The van der Waals surface area contributed by atoms with Crippen LogP contribution in [0, 0.1) is 5.92 Å². The number of carbonyl (C=O) groups excluding carboxylic acids is 1. The largest absolute Gasteiger partial charge is 0.497 e. The summed E-state index contributed by atoms with van der Waals surface area (Å²) >= 11 is 0. The second kappa shape index (κ2) is 5.21. The van der Waals surface area contributed by atoms with Crippen molar-refractivity contribution in [1.82, 2.24) is 5.32 Å². The highest BCUT2D eigenvalue weighted by Gasteiger charge is 2.33. The molecule has 0 bridgehead atoms. The third kappa shape index (κ3) is 2.45. The molecule has 0 aromatic heterocycles. The molecular weight excluding hydrogens is 242 g/mol. The van der Waals surface area contributed by atoms with Crippen LogP contribution in [0.1, 0.15) is 29.6 Å². The van der Waals surface area contributed by atoms with Gasteiger partial charge in [-0.2, -0.15) is 0 Å². The number of ketones is 1. The van der Waals surface area contributed by atoms with Crippen LogP contribution in [-0.2, 0) is 0 Å². The molecule has 2 atom stereocenters. The summed E-state index contributed by atoms with van der Waals surface area (Å²) in [7, 11) is 1.60. The van der Waals surface area contributed by atoms with Gasteiger partial charge in [0, 0.05) is 18.9 Å². The van der Waals surface area contributed by atoms with Crippen LogP contribution in [0.4, 0.5) is 0 Å². The lowest BCUT2D eigenvalue weighted by Crippen LogP contribution is -2.42. The maximum Gasteiger partial charge on any atom is 0.170 e. The van der Waals surface area contributed by atoms with E-state index in [1.54, 1.807) is 13.2 Å². The molecule has 0 amide bonds. The highest BCUT2D eigenvalue weighted by molar-refractivity contribution is 6.00.